The van der Waals surface area contributed by atoms with E-state index < -0.39 is 15.7 Å². The highest BCUT2D eigenvalue weighted by Crippen LogP contribution is 2.47. The van der Waals surface area contributed by atoms with E-state index in [4.69, 9.17) is 4.42 Å². The third kappa shape index (κ3) is 3.67. The van der Waals surface area contributed by atoms with Crippen molar-refractivity contribution in [3.05, 3.63) is 71.2 Å². The molecule has 0 aliphatic heterocycles. The minimum absolute atomic E-state index is 0.0292. The average Bonchev–Trinajstić information content (AvgIpc) is 3.36. The maximum Gasteiger partial charge on any atom is 0.287 e. The van der Waals surface area contributed by atoms with Gasteiger partial charge in [0.05, 0.1) is 5.75 Å². The lowest BCUT2D eigenvalue weighted by Gasteiger charge is -2.16. The van der Waals surface area contributed by atoms with Crippen LogP contribution in [0.25, 0.3) is 11.0 Å². The lowest BCUT2D eigenvalue weighted by atomic mass is 9.96. The molecule has 28 heavy (non-hydrogen) atoms. The van der Waals surface area contributed by atoms with Crippen molar-refractivity contribution in [3.8, 4) is 0 Å². The zero-order chi connectivity index (χ0) is 19.9. The lowest BCUT2D eigenvalue weighted by molar-refractivity contribution is 0.0923. The Labute approximate surface area is 162 Å². The Hall–Kier alpha value is -2.67. The topological polar surface area (TPSA) is 76.4 Å². The quantitative estimate of drug-likeness (QED) is 0.685. The van der Waals surface area contributed by atoms with Crippen LogP contribution in [0.5, 0.6) is 0 Å². The van der Waals surface area contributed by atoms with Gasteiger partial charge in [-0.15, -0.1) is 0 Å². The van der Waals surface area contributed by atoms with Gasteiger partial charge in [0.2, 0.25) is 0 Å². The maximum absolute atomic E-state index is 13.2. The van der Waals surface area contributed by atoms with Gasteiger partial charge in [0.25, 0.3) is 5.91 Å². The normalized spacial score (nSPS) is 15.5. The van der Waals surface area contributed by atoms with Crippen molar-refractivity contribution in [2.45, 2.75) is 24.0 Å². The molecule has 1 aromatic heterocycles. The van der Waals surface area contributed by atoms with Crippen LogP contribution >= 0.6 is 0 Å². The molecule has 0 bridgehead atoms. The fourth-order valence-electron chi connectivity index (χ4n) is 3.54. The van der Waals surface area contributed by atoms with E-state index in [0.717, 1.165) is 24.7 Å². The third-order valence-corrected chi connectivity index (χ3v) is 6.02. The summed E-state index contributed by atoms with van der Waals surface area (Å²) in [6.45, 7) is 0.382. The van der Waals surface area contributed by atoms with Crippen LogP contribution in [0.3, 0.4) is 0 Å². The van der Waals surface area contributed by atoms with E-state index in [1.54, 1.807) is 36.4 Å². The maximum atomic E-state index is 13.2. The number of sulfone groups is 1. The van der Waals surface area contributed by atoms with Gasteiger partial charge in [0, 0.05) is 29.2 Å². The van der Waals surface area contributed by atoms with Crippen molar-refractivity contribution in [2.75, 3.05) is 12.8 Å². The molecule has 0 saturated heterocycles. The molecule has 1 heterocycles. The van der Waals surface area contributed by atoms with Gasteiger partial charge in [-0.1, -0.05) is 30.3 Å². The molecule has 0 atom stereocenters. The Kier molecular flexibility index (Phi) is 4.50. The minimum Gasteiger partial charge on any atom is -0.451 e. The summed E-state index contributed by atoms with van der Waals surface area (Å²) in [6, 6.07) is 13.3. The molecule has 4 rings (SSSR count). The van der Waals surface area contributed by atoms with Crippen molar-refractivity contribution < 1.29 is 22.0 Å². The molecular weight excluding hydrogens is 381 g/mol. The van der Waals surface area contributed by atoms with Gasteiger partial charge in [-0.2, -0.15) is 0 Å². The SMILES string of the molecule is CS(=O)(=O)Cc1c(C(=O)NCC2(c3ccc(F)cc3)CC2)oc2ccccc12. The molecule has 1 aliphatic carbocycles. The van der Waals surface area contributed by atoms with Gasteiger partial charge in [0.1, 0.15) is 11.4 Å². The van der Waals surface area contributed by atoms with Crippen molar-refractivity contribution in [1.29, 1.82) is 0 Å². The summed E-state index contributed by atoms with van der Waals surface area (Å²) in [7, 11) is -3.35. The van der Waals surface area contributed by atoms with E-state index >= 15 is 0 Å². The number of fused-ring (bicyclic) bond motifs is 1. The van der Waals surface area contributed by atoms with Gasteiger partial charge in [-0.05, 0) is 36.6 Å². The summed E-state index contributed by atoms with van der Waals surface area (Å²) in [5, 5.41) is 3.50. The number of para-hydroxylation sites is 1. The van der Waals surface area contributed by atoms with Gasteiger partial charge in [-0.25, -0.2) is 12.8 Å². The molecule has 0 unspecified atom stereocenters. The largest absolute Gasteiger partial charge is 0.451 e. The number of benzene rings is 2. The van der Waals surface area contributed by atoms with Crippen molar-refractivity contribution in [3.63, 3.8) is 0 Å². The second kappa shape index (κ2) is 6.74. The zero-order valence-electron chi connectivity index (χ0n) is 15.4. The summed E-state index contributed by atoms with van der Waals surface area (Å²) in [4.78, 5) is 12.8. The van der Waals surface area contributed by atoms with Crippen LogP contribution in [-0.4, -0.2) is 27.1 Å². The molecule has 146 valence electrons. The Morgan fingerprint density at radius 1 is 1.14 bits per heavy atom. The second-order valence-corrected chi connectivity index (χ2v) is 9.59. The van der Waals surface area contributed by atoms with Gasteiger partial charge >= 0.3 is 0 Å². The third-order valence-electron chi connectivity index (χ3n) is 5.21. The lowest BCUT2D eigenvalue weighted by Crippen LogP contribution is -2.32. The van der Waals surface area contributed by atoms with Crippen molar-refractivity contribution in [1.82, 2.24) is 5.32 Å². The van der Waals surface area contributed by atoms with Crippen LogP contribution in [0.2, 0.25) is 0 Å². The van der Waals surface area contributed by atoms with E-state index in [1.807, 2.05) is 0 Å². The molecular formula is C21H20FNO4S. The summed E-state index contributed by atoms with van der Waals surface area (Å²) in [6.07, 6.45) is 2.93. The number of nitrogens with one attached hydrogen (secondary N) is 1. The summed E-state index contributed by atoms with van der Waals surface area (Å²) < 4.78 is 42.6. The Bertz CT molecular complexity index is 1140. The first-order chi connectivity index (χ1) is 13.3. The van der Waals surface area contributed by atoms with Gasteiger partial charge in [-0.3, -0.25) is 4.79 Å². The van der Waals surface area contributed by atoms with Crippen LogP contribution < -0.4 is 5.32 Å². The first-order valence-corrected chi connectivity index (χ1v) is 11.1. The zero-order valence-corrected chi connectivity index (χ0v) is 16.2. The Morgan fingerprint density at radius 3 is 2.46 bits per heavy atom. The number of hydrogen-bond donors (Lipinski definition) is 1. The van der Waals surface area contributed by atoms with Crippen LogP contribution in [0.15, 0.2) is 52.9 Å². The van der Waals surface area contributed by atoms with Crippen LogP contribution in [-0.2, 0) is 21.0 Å². The fourth-order valence-corrected chi connectivity index (χ4v) is 4.35. The highest BCUT2D eigenvalue weighted by molar-refractivity contribution is 7.89. The molecule has 1 aliphatic rings. The molecule has 1 N–H and O–H groups in total. The molecule has 3 aromatic rings. The molecule has 1 saturated carbocycles. The fraction of sp³-hybridized carbons (Fsp3) is 0.286. The smallest absolute Gasteiger partial charge is 0.287 e. The molecule has 0 spiro atoms. The van der Waals surface area contributed by atoms with Crippen LogP contribution in [0, 0.1) is 5.82 Å². The number of furan rings is 1. The van der Waals surface area contributed by atoms with E-state index in [2.05, 4.69) is 5.32 Å². The average molecular weight is 401 g/mol. The number of carbonyl (C=O) groups is 1. The van der Waals surface area contributed by atoms with Gasteiger partial charge < -0.3 is 9.73 Å². The number of amides is 1. The van der Waals surface area contributed by atoms with E-state index in [-0.39, 0.29) is 22.7 Å². The highest BCUT2D eigenvalue weighted by Gasteiger charge is 2.44. The number of rotatable bonds is 6. The monoisotopic (exact) mass is 401 g/mol. The van der Waals surface area contributed by atoms with Gasteiger partial charge in [0.15, 0.2) is 15.6 Å². The first-order valence-electron chi connectivity index (χ1n) is 9.00. The highest BCUT2D eigenvalue weighted by atomic mass is 32.2. The number of halogens is 1. The molecule has 2 aromatic carbocycles. The summed E-state index contributed by atoms with van der Waals surface area (Å²) in [5.74, 6) is -0.975. The predicted octanol–water partition coefficient (Wildman–Crippen LogP) is 3.58. The Balaban J connectivity index is 1.59. The molecule has 7 heteroatoms. The van der Waals surface area contributed by atoms with Crippen molar-refractivity contribution in [2.24, 2.45) is 0 Å². The predicted molar refractivity (Wildman–Crippen MR) is 104 cm³/mol. The Morgan fingerprint density at radius 2 is 1.82 bits per heavy atom. The second-order valence-electron chi connectivity index (χ2n) is 7.45. The molecule has 1 amide bonds. The summed E-state index contributed by atoms with van der Waals surface area (Å²) >= 11 is 0. The van der Waals surface area contributed by atoms with E-state index in [0.29, 0.717) is 23.1 Å². The molecule has 1 fully saturated rings. The number of carbonyl (C=O) groups excluding carboxylic acids is 1. The standard InChI is InChI=1S/C21H20FNO4S/c1-28(25,26)12-17-16-4-2-3-5-18(16)27-19(17)20(24)23-13-21(10-11-21)14-6-8-15(22)9-7-14/h2-9H,10-13H2,1H3,(H,23,24). The molecule has 5 nitrogen and oxygen atoms in total. The summed E-state index contributed by atoms with van der Waals surface area (Å²) in [5.41, 5.74) is 1.63. The minimum atomic E-state index is -3.35. The first kappa shape index (κ1) is 18.7. The molecule has 0 radical (unpaired) electrons. The van der Waals surface area contributed by atoms with Crippen LogP contribution in [0.1, 0.15) is 34.5 Å². The van der Waals surface area contributed by atoms with Crippen molar-refractivity contribution >= 4 is 26.7 Å². The number of hydrogen-bond acceptors (Lipinski definition) is 4. The van der Waals surface area contributed by atoms with Crippen LogP contribution in [0.4, 0.5) is 4.39 Å². The van der Waals surface area contributed by atoms with E-state index in [9.17, 15) is 17.6 Å². The van der Waals surface area contributed by atoms with E-state index in [1.165, 1.54) is 12.1 Å².